The van der Waals surface area contributed by atoms with E-state index < -0.39 is 0 Å². The van der Waals surface area contributed by atoms with Gasteiger partial charge in [0.15, 0.2) is 0 Å². The van der Waals surface area contributed by atoms with E-state index in [2.05, 4.69) is 33.2 Å². The van der Waals surface area contributed by atoms with Gasteiger partial charge in [0.25, 0.3) is 5.56 Å². The second kappa shape index (κ2) is 7.63. The van der Waals surface area contributed by atoms with Crippen LogP contribution in [0.1, 0.15) is 13.8 Å². The first-order chi connectivity index (χ1) is 11.0. The molecule has 1 amide bonds. The number of carbonyl (C=O) groups is 1. The molecule has 2 heterocycles. The van der Waals surface area contributed by atoms with Crippen molar-refractivity contribution in [1.82, 2.24) is 19.8 Å². The molecule has 1 N–H and O–H groups in total. The molecule has 1 aliphatic rings. The topological polar surface area (TPSA) is 67.2 Å². The largest absolute Gasteiger partial charge is 0.336 e. The Balaban J connectivity index is 0.00000208. The summed E-state index contributed by atoms with van der Waals surface area (Å²) in [4.78, 5) is 31.3. The van der Waals surface area contributed by atoms with Gasteiger partial charge in [-0.15, -0.1) is 12.4 Å². The predicted molar refractivity (Wildman–Crippen MR) is 99.6 cm³/mol. The van der Waals surface area contributed by atoms with Crippen molar-refractivity contribution in [3.8, 4) is 0 Å². The number of carbonyl (C=O) groups excluding carboxylic acids is 1. The summed E-state index contributed by atoms with van der Waals surface area (Å²) in [6.45, 7) is 5.53. The maximum atomic E-state index is 12.6. The first-order valence-electron chi connectivity index (χ1n) is 7.65. The third-order valence-electron chi connectivity index (χ3n) is 4.45. The van der Waals surface area contributed by atoms with Crippen LogP contribution in [0.5, 0.6) is 0 Å². The third-order valence-corrected chi connectivity index (χ3v) is 4.94. The lowest BCUT2D eigenvalue weighted by Crippen LogP contribution is -2.58. The molecule has 2 aromatic rings. The smallest absolute Gasteiger partial charge is 0.261 e. The molecule has 24 heavy (non-hydrogen) atoms. The molecular formula is C16H20BrClN4O2. The van der Waals surface area contributed by atoms with Crippen molar-refractivity contribution in [2.75, 3.05) is 13.1 Å². The van der Waals surface area contributed by atoms with Crippen molar-refractivity contribution in [3.05, 3.63) is 39.4 Å². The Labute approximate surface area is 154 Å². The van der Waals surface area contributed by atoms with Crippen LogP contribution in [0.2, 0.25) is 0 Å². The molecule has 0 saturated carbocycles. The lowest BCUT2D eigenvalue weighted by molar-refractivity contribution is -0.135. The monoisotopic (exact) mass is 414 g/mol. The van der Waals surface area contributed by atoms with Crippen LogP contribution in [0.3, 0.4) is 0 Å². The average molecular weight is 416 g/mol. The quantitative estimate of drug-likeness (QED) is 0.812. The van der Waals surface area contributed by atoms with Crippen molar-refractivity contribution in [3.63, 3.8) is 0 Å². The highest BCUT2D eigenvalue weighted by atomic mass is 79.9. The van der Waals surface area contributed by atoms with Crippen molar-refractivity contribution < 1.29 is 4.79 Å². The van der Waals surface area contributed by atoms with Crippen molar-refractivity contribution in [2.45, 2.75) is 32.5 Å². The molecule has 1 aliphatic heterocycles. The van der Waals surface area contributed by atoms with Gasteiger partial charge in [0, 0.05) is 29.6 Å². The van der Waals surface area contributed by atoms with Crippen LogP contribution < -0.4 is 10.9 Å². The van der Waals surface area contributed by atoms with E-state index in [0.29, 0.717) is 17.4 Å². The van der Waals surface area contributed by atoms with Crippen LogP contribution in [0.15, 0.2) is 33.8 Å². The summed E-state index contributed by atoms with van der Waals surface area (Å²) < 4.78 is 2.20. The summed E-state index contributed by atoms with van der Waals surface area (Å²) in [6, 6.07) is 5.71. The lowest BCUT2D eigenvalue weighted by Gasteiger charge is -2.38. The average Bonchev–Trinajstić information content (AvgIpc) is 2.53. The van der Waals surface area contributed by atoms with Gasteiger partial charge in [-0.05, 0) is 32.0 Å². The zero-order chi connectivity index (χ0) is 16.6. The Morgan fingerprint density at radius 3 is 2.92 bits per heavy atom. The minimum absolute atomic E-state index is 0. The summed E-state index contributed by atoms with van der Waals surface area (Å²) in [7, 11) is 0. The van der Waals surface area contributed by atoms with E-state index >= 15 is 0 Å². The zero-order valence-electron chi connectivity index (χ0n) is 13.5. The first-order valence-corrected chi connectivity index (χ1v) is 8.44. The van der Waals surface area contributed by atoms with Crippen molar-refractivity contribution in [2.24, 2.45) is 0 Å². The molecule has 8 heteroatoms. The molecule has 130 valence electrons. The van der Waals surface area contributed by atoms with Crippen LogP contribution in [-0.2, 0) is 11.3 Å². The number of halogens is 2. The maximum absolute atomic E-state index is 12.6. The lowest BCUT2D eigenvalue weighted by atomic mass is 10.1. The summed E-state index contributed by atoms with van der Waals surface area (Å²) in [6.07, 6.45) is 1.45. The van der Waals surface area contributed by atoms with E-state index in [4.69, 9.17) is 0 Å². The van der Waals surface area contributed by atoms with Gasteiger partial charge in [0.2, 0.25) is 5.91 Å². The van der Waals surface area contributed by atoms with Crippen LogP contribution >= 0.6 is 28.3 Å². The van der Waals surface area contributed by atoms with Gasteiger partial charge in [-0.1, -0.05) is 15.9 Å². The van der Waals surface area contributed by atoms with Crippen LogP contribution in [0, 0.1) is 0 Å². The number of fused-ring (bicyclic) bond motifs is 1. The third kappa shape index (κ3) is 3.63. The molecule has 6 nitrogen and oxygen atoms in total. The fraction of sp³-hybridized carbons (Fsp3) is 0.438. The molecule has 1 fully saturated rings. The van der Waals surface area contributed by atoms with E-state index in [1.54, 1.807) is 12.1 Å². The van der Waals surface area contributed by atoms with Gasteiger partial charge >= 0.3 is 0 Å². The Kier molecular flexibility index (Phi) is 6.01. The number of amides is 1. The Bertz CT molecular complexity index is 810. The molecule has 0 radical (unpaired) electrons. The molecule has 3 rings (SSSR count). The second-order valence-corrected chi connectivity index (χ2v) is 6.83. The van der Waals surface area contributed by atoms with Gasteiger partial charge < -0.3 is 10.2 Å². The highest BCUT2D eigenvalue weighted by molar-refractivity contribution is 9.10. The number of nitrogens with one attached hydrogen (secondary N) is 1. The predicted octanol–water partition coefficient (Wildman–Crippen LogP) is 1.79. The number of nitrogens with zero attached hydrogens (tertiary/aromatic N) is 3. The van der Waals surface area contributed by atoms with E-state index in [0.717, 1.165) is 11.0 Å². The first kappa shape index (κ1) is 18.9. The van der Waals surface area contributed by atoms with Gasteiger partial charge in [0.05, 0.1) is 17.2 Å². The highest BCUT2D eigenvalue weighted by Crippen LogP contribution is 2.15. The molecule has 1 aromatic carbocycles. The Morgan fingerprint density at radius 2 is 2.17 bits per heavy atom. The van der Waals surface area contributed by atoms with Crippen LogP contribution in [0.25, 0.3) is 10.9 Å². The molecule has 2 unspecified atom stereocenters. The number of benzene rings is 1. The van der Waals surface area contributed by atoms with E-state index in [1.807, 2.05) is 17.9 Å². The van der Waals surface area contributed by atoms with Crippen molar-refractivity contribution in [1.29, 1.82) is 0 Å². The minimum atomic E-state index is -0.194. The molecule has 1 aromatic heterocycles. The standard InChI is InChI=1S/C16H19BrN4O2.ClH/c1-10-11(2)21(6-5-18-10)15(22)8-20-9-19-14-4-3-12(17)7-13(14)16(20)23;/h3-4,7,9-11,18H,5-6,8H2,1-2H3;1H. The highest BCUT2D eigenvalue weighted by Gasteiger charge is 2.28. The van der Waals surface area contributed by atoms with Gasteiger partial charge in [-0.25, -0.2) is 4.98 Å². The van der Waals surface area contributed by atoms with E-state index in [-0.39, 0.29) is 42.5 Å². The number of piperazine rings is 1. The zero-order valence-corrected chi connectivity index (χ0v) is 15.9. The maximum Gasteiger partial charge on any atom is 0.261 e. The molecular weight excluding hydrogens is 396 g/mol. The van der Waals surface area contributed by atoms with Gasteiger partial charge in [-0.3, -0.25) is 14.2 Å². The Morgan fingerprint density at radius 1 is 1.42 bits per heavy atom. The fourth-order valence-corrected chi connectivity index (χ4v) is 3.25. The van der Waals surface area contributed by atoms with E-state index in [9.17, 15) is 9.59 Å². The number of hydrogen-bond acceptors (Lipinski definition) is 4. The normalized spacial score (nSPS) is 20.7. The number of aromatic nitrogens is 2. The summed E-state index contributed by atoms with van der Waals surface area (Å²) in [5.74, 6) is -0.0518. The molecule has 2 atom stereocenters. The van der Waals surface area contributed by atoms with Gasteiger partial charge in [0.1, 0.15) is 6.54 Å². The molecule has 0 bridgehead atoms. The summed E-state index contributed by atoms with van der Waals surface area (Å²) in [5, 5.41) is 3.85. The minimum Gasteiger partial charge on any atom is -0.336 e. The molecule has 1 saturated heterocycles. The fourth-order valence-electron chi connectivity index (χ4n) is 2.89. The van der Waals surface area contributed by atoms with Crippen molar-refractivity contribution >= 4 is 45.1 Å². The van der Waals surface area contributed by atoms with Gasteiger partial charge in [-0.2, -0.15) is 0 Å². The molecule has 0 aliphatic carbocycles. The second-order valence-electron chi connectivity index (χ2n) is 5.91. The van der Waals surface area contributed by atoms with Crippen LogP contribution in [-0.4, -0.2) is 45.5 Å². The molecule has 0 spiro atoms. The Hall–Kier alpha value is -1.44. The van der Waals surface area contributed by atoms with Crippen LogP contribution in [0.4, 0.5) is 0 Å². The van der Waals surface area contributed by atoms with E-state index in [1.165, 1.54) is 10.9 Å². The number of hydrogen-bond donors (Lipinski definition) is 1. The summed E-state index contributed by atoms with van der Waals surface area (Å²) >= 11 is 3.36. The SMILES string of the molecule is CC1NCCN(C(=O)Cn2cnc3ccc(Br)cc3c2=O)C1C.Cl. The number of rotatable bonds is 2. The summed E-state index contributed by atoms with van der Waals surface area (Å²) in [5.41, 5.74) is 0.437.